The Morgan fingerprint density at radius 3 is 2.89 bits per heavy atom. The smallest absolute Gasteiger partial charge is 0.264 e. The molecule has 3 nitrogen and oxygen atoms in total. The first kappa shape index (κ1) is 13.2. The number of hydrogen-bond acceptors (Lipinski definition) is 3. The molecule has 1 aliphatic rings. The molecule has 1 aromatic carbocycles. The normalized spacial score (nSPS) is 20.8. The Morgan fingerprint density at radius 1 is 1.56 bits per heavy atom. The highest BCUT2D eigenvalue weighted by atomic mass is 32.2. The van der Waals surface area contributed by atoms with E-state index in [4.69, 9.17) is 4.74 Å². The average molecular weight is 269 g/mol. The number of para-hydroxylation sites is 1. The van der Waals surface area contributed by atoms with Crippen LogP contribution in [0.2, 0.25) is 0 Å². The summed E-state index contributed by atoms with van der Waals surface area (Å²) >= 11 is 1.74. The lowest BCUT2D eigenvalue weighted by Gasteiger charge is -2.24. The number of thioether (sulfide) groups is 1. The van der Waals surface area contributed by atoms with E-state index in [0.29, 0.717) is 0 Å². The van der Waals surface area contributed by atoms with E-state index in [0.717, 1.165) is 12.3 Å². The Morgan fingerprint density at radius 2 is 2.28 bits per heavy atom. The highest BCUT2D eigenvalue weighted by Crippen LogP contribution is 2.25. The fraction of sp³-hybridized carbons (Fsp3) is 0.462. The monoisotopic (exact) mass is 269 g/mol. The third-order valence-corrected chi connectivity index (χ3v) is 4.06. The Hall–Kier alpha value is -1.23. The zero-order chi connectivity index (χ0) is 13.1. The number of amides is 1. The third kappa shape index (κ3) is 2.77. The molecule has 2 rings (SSSR count). The number of halogens is 1. The minimum atomic E-state index is -0.664. The quantitative estimate of drug-likeness (QED) is 0.844. The van der Waals surface area contributed by atoms with Crippen molar-refractivity contribution in [3.8, 4) is 5.75 Å². The minimum Gasteiger partial charge on any atom is -0.478 e. The molecule has 1 heterocycles. The Balaban J connectivity index is 2.01. The van der Waals surface area contributed by atoms with Crippen molar-refractivity contribution in [3.63, 3.8) is 0 Å². The molecule has 1 aliphatic heterocycles. The van der Waals surface area contributed by atoms with Crippen LogP contribution in [-0.4, -0.2) is 34.6 Å². The molecule has 2 atom stereocenters. The summed E-state index contributed by atoms with van der Waals surface area (Å²) in [4.78, 5) is 13.9. The standard InChI is InChI=1S/C13H16FNO2S/c1-9(13(16)15-7-8-18-10(15)2)17-12-6-4-3-5-11(12)14/h3-6,9-10H,7-8H2,1-2H3. The molecule has 0 spiro atoms. The maximum atomic E-state index is 13.4. The molecule has 1 amide bonds. The van der Waals surface area contributed by atoms with Crippen molar-refractivity contribution in [1.82, 2.24) is 4.90 Å². The van der Waals surface area contributed by atoms with E-state index < -0.39 is 11.9 Å². The van der Waals surface area contributed by atoms with Gasteiger partial charge in [0.05, 0.1) is 5.37 Å². The molecule has 18 heavy (non-hydrogen) atoms. The molecule has 0 radical (unpaired) electrons. The van der Waals surface area contributed by atoms with Crippen LogP contribution in [0, 0.1) is 5.82 Å². The summed E-state index contributed by atoms with van der Waals surface area (Å²) < 4.78 is 18.8. The summed E-state index contributed by atoms with van der Waals surface area (Å²) in [6, 6.07) is 6.12. The van der Waals surface area contributed by atoms with Crippen LogP contribution in [0.1, 0.15) is 13.8 Å². The number of carbonyl (C=O) groups is 1. The second-order valence-electron chi connectivity index (χ2n) is 4.19. The Kier molecular flexibility index (Phi) is 4.11. The maximum Gasteiger partial charge on any atom is 0.264 e. The molecule has 2 unspecified atom stereocenters. The van der Waals surface area contributed by atoms with Gasteiger partial charge >= 0.3 is 0 Å². The molecule has 1 aromatic rings. The minimum absolute atomic E-state index is 0.0873. The summed E-state index contributed by atoms with van der Waals surface area (Å²) in [5, 5.41) is 0.171. The largest absolute Gasteiger partial charge is 0.478 e. The van der Waals surface area contributed by atoms with Crippen LogP contribution in [0.25, 0.3) is 0 Å². The fourth-order valence-corrected chi connectivity index (χ4v) is 2.93. The van der Waals surface area contributed by atoms with Crippen molar-refractivity contribution in [2.45, 2.75) is 25.3 Å². The topological polar surface area (TPSA) is 29.5 Å². The SMILES string of the molecule is CC(Oc1ccccc1F)C(=O)N1CCSC1C. The van der Waals surface area contributed by atoms with Crippen molar-refractivity contribution < 1.29 is 13.9 Å². The number of rotatable bonds is 3. The zero-order valence-electron chi connectivity index (χ0n) is 10.4. The van der Waals surface area contributed by atoms with Gasteiger partial charge in [0.1, 0.15) is 0 Å². The summed E-state index contributed by atoms with van der Waals surface area (Å²) in [5.74, 6) is 0.536. The van der Waals surface area contributed by atoms with Crippen LogP contribution >= 0.6 is 11.8 Å². The average Bonchev–Trinajstić information content (AvgIpc) is 2.77. The first-order valence-electron chi connectivity index (χ1n) is 5.93. The number of benzene rings is 1. The van der Waals surface area contributed by atoms with Crippen molar-refractivity contribution in [3.05, 3.63) is 30.1 Å². The van der Waals surface area contributed by atoms with Gasteiger partial charge in [-0.15, -0.1) is 11.8 Å². The Labute approximate surface area is 110 Å². The van der Waals surface area contributed by atoms with Crippen LogP contribution in [-0.2, 0) is 4.79 Å². The van der Waals surface area contributed by atoms with E-state index in [9.17, 15) is 9.18 Å². The molecule has 0 N–H and O–H groups in total. The predicted molar refractivity (Wildman–Crippen MR) is 70.1 cm³/mol. The Bertz CT molecular complexity index is 441. The lowest BCUT2D eigenvalue weighted by Crippen LogP contribution is -2.41. The van der Waals surface area contributed by atoms with Crippen LogP contribution in [0.4, 0.5) is 4.39 Å². The lowest BCUT2D eigenvalue weighted by atomic mass is 10.3. The van der Waals surface area contributed by atoms with E-state index in [1.54, 1.807) is 35.7 Å². The molecule has 1 fully saturated rings. The summed E-state index contributed by atoms with van der Waals surface area (Å²) in [5.41, 5.74) is 0. The predicted octanol–water partition coefficient (Wildman–Crippen LogP) is 2.51. The van der Waals surface area contributed by atoms with E-state index in [1.807, 2.05) is 6.92 Å². The van der Waals surface area contributed by atoms with Gasteiger partial charge in [-0.05, 0) is 26.0 Å². The van der Waals surface area contributed by atoms with Gasteiger partial charge in [-0.1, -0.05) is 12.1 Å². The highest BCUT2D eigenvalue weighted by Gasteiger charge is 2.30. The van der Waals surface area contributed by atoms with Gasteiger partial charge in [-0.25, -0.2) is 4.39 Å². The molecule has 1 saturated heterocycles. The summed E-state index contributed by atoms with van der Waals surface area (Å²) in [6.45, 7) is 4.38. The van der Waals surface area contributed by atoms with Crippen molar-refractivity contribution >= 4 is 17.7 Å². The van der Waals surface area contributed by atoms with Gasteiger partial charge in [0.25, 0.3) is 5.91 Å². The van der Waals surface area contributed by atoms with Gasteiger partial charge in [0.2, 0.25) is 0 Å². The van der Waals surface area contributed by atoms with Crippen LogP contribution in [0.15, 0.2) is 24.3 Å². The van der Waals surface area contributed by atoms with Crippen LogP contribution in [0.5, 0.6) is 5.75 Å². The first-order valence-corrected chi connectivity index (χ1v) is 6.97. The molecule has 0 saturated carbocycles. The maximum absolute atomic E-state index is 13.4. The molecule has 98 valence electrons. The van der Waals surface area contributed by atoms with Gasteiger partial charge in [0, 0.05) is 12.3 Å². The third-order valence-electron chi connectivity index (χ3n) is 2.90. The van der Waals surface area contributed by atoms with E-state index in [2.05, 4.69) is 0 Å². The molecule has 0 bridgehead atoms. The number of ether oxygens (including phenoxy) is 1. The molecule has 0 aliphatic carbocycles. The van der Waals surface area contributed by atoms with Gasteiger partial charge in [0.15, 0.2) is 17.7 Å². The first-order chi connectivity index (χ1) is 8.59. The van der Waals surface area contributed by atoms with E-state index in [1.165, 1.54) is 12.1 Å². The van der Waals surface area contributed by atoms with Crippen LogP contribution in [0.3, 0.4) is 0 Å². The van der Waals surface area contributed by atoms with Gasteiger partial charge in [-0.2, -0.15) is 0 Å². The number of nitrogens with zero attached hydrogens (tertiary/aromatic N) is 1. The zero-order valence-corrected chi connectivity index (χ0v) is 11.2. The lowest BCUT2D eigenvalue weighted by molar-refractivity contribution is -0.137. The summed E-state index contributed by atoms with van der Waals surface area (Å²) in [7, 11) is 0. The molecule has 5 heteroatoms. The molecular weight excluding hydrogens is 253 g/mol. The number of carbonyl (C=O) groups excluding carboxylic acids is 1. The second kappa shape index (κ2) is 5.61. The van der Waals surface area contributed by atoms with Crippen molar-refractivity contribution in [1.29, 1.82) is 0 Å². The number of hydrogen-bond donors (Lipinski definition) is 0. The second-order valence-corrected chi connectivity index (χ2v) is 5.62. The molecular formula is C13H16FNO2S. The fourth-order valence-electron chi connectivity index (χ4n) is 1.90. The highest BCUT2D eigenvalue weighted by molar-refractivity contribution is 8.00. The summed E-state index contributed by atoms with van der Waals surface area (Å²) in [6.07, 6.45) is -0.664. The van der Waals surface area contributed by atoms with Gasteiger partial charge in [-0.3, -0.25) is 4.79 Å². The van der Waals surface area contributed by atoms with E-state index >= 15 is 0 Å². The van der Waals surface area contributed by atoms with Crippen molar-refractivity contribution in [2.75, 3.05) is 12.3 Å². The van der Waals surface area contributed by atoms with E-state index in [-0.39, 0.29) is 17.0 Å². The van der Waals surface area contributed by atoms with Crippen LogP contribution < -0.4 is 4.74 Å². The van der Waals surface area contributed by atoms with Gasteiger partial charge < -0.3 is 9.64 Å². The molecule has 0 aromatic heterocycles. The van der Waals surface area contributed by atoms with Crippen molar-refractivity contribution in [2.24, 2.45) is 0 Å².